The van der Waals surface area contributed by atoms with Crippen LogP contribution in [0.15, 0.2) is 0 Å². The second-order valence-electron chi connectivity index (χ2n) is 2.24. The molecule has 1 fully saturated rings. The minimum absolute atomic E-state index is 0. The van der Waals surface area contributed by atoms with Gasteiger partial charge in [0.2, 0.25) is 0 Å². The van der Waals surface area contributed by atoms with E-state index in [4.69, 9.17) is 0 Å². The molecule has 2 nitrogen and oxygen atoms in total. The monoisotopic (exact) mass is 251 g/mol. The van der Waals surface area contributed by atoms with Crippen LogP contribution in [0.3, 0.4) is 0 Å². The van der Waals surface area contributed by atoms with E-state index in [0.29, 0.717) is 20.4 Å². The molecule has 0 aliphatic carbocycles. The van der Waals surface area contributed by atoms with E-state index in [1.165, 1.54) is 0 Å². The van der Waals surface area contributed by atoms with Crippen LogP contribution in [0.1, 0.15) is 0 Å². The molecule has 1 rings (SSSR count). The van der Waals surface area contributed by atoms with E-state index < -0.39 is 0 Å². The summed E-state index contributed by atoms with van der Waals surface area (Å²) in [4.78, 5) is 0. The molecule has 0 aromatic carbocycles. The first kappa shape index (κ1) is 11.9. The Labute approximate surface area is 91.9 Å². The van der Waals surface area contributed by atoms with E-state index in [9.17, 15) is 0 Å². The van der Waals surface area contributed by atoms with Crippen molar-refractivity contribution >= 4 is 17.3 Å². The van der Waals surface area contributed by atoms with Crippen LogP contribution in [-0.4, -0.2) is 19.1 Å². The maximum absolute atomic E-state index is 4.25. The van der Waals surface area contributed by atoms with Crippen molar-refractivity contribution < 1.29 is 32.7 Å². The van der Waals surface area contributed by atoms with Crippen LogP contribution in [0.5, 0.6) is 0 Å². The van der Waals surface area contributed by atoms with Gasteiger partial charge in [0.15, 0.2) is 0 Å². The summed E-state index contributed by atoms with van der Waals surface area (Å²) in [5, 5.41) is 7.45. The van der Waals surface area contributed by atoms with Crippen LogP contribution >= 0.6 is 17.3 Å². The molecule has 4 atom stereocenters. The minimum atomic E-state index is 0. The maximum Gasteiger partial charge on any atom is 0 e. The van der Waals surface area contributed by atoms with Crippen molar-refractivity contribution in [2.75, 3.05) is 13.1 Å². The number of nitrogens with zero attached hydrogens (tertiary/aromatic N) is 1. The van der Waals surface area contributed by atoms with Crippen molar-refractivity contribution in [1.82, 2.24) is 5.32 Å². The fraction of sp³-hybridized carbons (Fsp3) is 0.800. The van der Waals surface area contributed by atoms with Gasteiger partial charge in [-0.25, -0.2) is 8.42 Å². The summed E-state index contributed by atoms with van der Waals surface area (Å²) in [5.41, 5.74) is 0. The van der Waals surface area contributed by atoms with Crippen molar-refractivity contribution in [3.05, 3.63) is 12.0 Å². The molecule has 0 aromatic rings. The molecule has 0 spiro atoms. The van der Waals surface area contributed by atoms with E-state index in [0.717, 1.165) is 13.1 Å². The average Bonchev–Trinajstić information content (AvgIpc) is 1.86. The summed E-state index contributed by atoms with van der Waals surface area (Å²) in [5.74, 6) is 0.707. The molecule has 1 aliphatic heterocycles. The molecular weight excluding hydrogens is 239 g/mol. The molecule has 4 unspecified atom stereocenters. The first-order valence-electron chi connectivity index (χ1n) is 3.03. The Balaban J connectivity index is 0.000000810. The molecule has 1 radical (unpaired) electrons. The summed E-state index contributed by atoms with van der Waals surface area (Å²) in [6.07, 6.45) is 0. The molecule has 0 bridgehead atoms. The van der Waals surface area contributed by atoms with Gasteiger partial charge in [-0.15, -0.1) is 21.5 Å². The molecule has 1 saturated heterocycles. The Hall–Kier alpha value is 1.88. The zero-order valence-electron chi connectivity index (χ0n) is 5.88. The van der Waals surface area contributed by atoms with Gasteiger partial charge in [-0.05, 0) is 6.54 Å². The fourth-order valence-electron chi connectivity index (χ4n) is 0.813. The molecule has 5 heteroatoms. The van der Waals surface area contributed by atoms with E-state index >= 15 is 0 Å². The molecule has 10 heavy (non-hydrogen) atoms. The van der Waals surface area contributed by atoms with Gasteiger partial charge in [0, 0.05) is 32.7 Å². The number of nitrogens with one attached hydrogen (secondary N) is 1. The van der Waals surface area contributed by atoms with Gasteiger partial charge in [0.25, 0.3) is 0 Å². The van der Waals surface area contributed by atoms with Crippen LogP contribution in [-0.2, 0) is 32.7 Å². The van der Waals surface area contributed by atoms with Crippen molar-refractivity contribution in [2.45, 2.75) is 6.04 Å². The minimum Gasteiger partial charge on any atom is -0.636 e. The molecule has 0 aromatic heterocycles. The Kier molecular flexibility index (Phi) is 7.61. The van der Waals surface area contributed by atoms with Gasteiger partial charge in [-0.1, -0.05) is 5.92 Å². The van der Waals surface area contributed by atoms with Crippen LogP contribution < -0.4 is 5.32 Å². The maximum atomic E-state index is 4.25. The van der Waals surface area contributed by atoms with Gasteiger partial charge in [-0.2, -0.15) is 0 Å². The largest absolute Gasteiger partial charge is 0.636 e. The summed E-state index contributed by atoms with van der Waals surface area (Å²) < 4.78 is 0. The standard InChI is InChI=1S/C5H12N2P2.Y/c1-4-5(2-6-4)3-7-9-8;/h4-6,9H,1-3,8H2;/q-2;. The third-order valence-corrected chi connectivity index (χ3v) is 2.54. The Morgan fingerprint density at radius 3 is 2.80 bits per heavy atom. The van der Waals surface area contributed by atoms with Crippen LogP contribution in [0.25, 0.3) is 5.09 Å². The third-order valence-electron chi connectivity index (χ3n) is 1.63. The van der Waals surface area contributed by atoms with Crippen molar-refractivity contribution in [3.8, 4) is 0 Å². The molecule has 0 saturated carbocycles. The fourth-order valence-corrected chi connectivity index (χ4v) is 1.47. The summed E-state index contributed by atoms with van der Waals surface area (Å²) in [6, 6.07) is 0.454. The predicted octanol–water partition coefficient (Wildman–Crippen LogP) is 1.16. The molecule has 1 heterocycles. The molecular formula is C5H12N2P2Y-2. The molecule has 1 N–H and O–H groups in total. The van der Waals surface area contributed by atoms with Crippen molar-refractivity contribution in [3.63, 3.8) is 0 Å². The number of hydrogen-bond acceptors (Lipinski definition) is 1. The zero-order chi connectivity index (χ0) is 6.69. The first-order chi connectivity index (χ1) is 4.34. The zero-order valence-corrected chi connectivity index (χ0v) is 10.9. The first-order valence-corrected chi connectivity index (χ1v) is 5.79. The average molecular weight is 251 g/mol. The summed E-state index contributed by atoms with van der Waals surface area (Å²) in [7, 11) is 3.28. The van der Waals surface area contributed by atoms with Gasteiger partial charge < -0.3 is 17.3 Å². The van der Waals surface area contributed by atoms with E-state index in [2.05, 4.69) is 26.3 Å². The quantitative estimate of drug-likeness (QED) is 0.591. The second-order valence-corrected chi connectivity index (χ2v) is 3.59. The van der Waals surface area contributed by atoms with E-state index in [1.807, 2.05) is 0 Å². The topological polar surface area (TPSA) is 26.1 Å². The van der Waals surface area contributed by atoms with Crippen LogP contribution in [0.2, 0.25) is 0 Å². The van der Waals surface area contributed by atoms with Crippen LogP contribution in [0.4, 0.5) is 0 Å². The number of rotatable bonds is 3. The SMILES string of the molecule is [CH2-]C1NCC1C[N-]PP.[Y]. The summed E-state index contributed by atoms with van der Waals surface area (Å²) >= 11 is 0. The number of hydrogen-bond donors (Lipinski definition) is 1. The van der Waals surface area contributed by atoms with E-state index in [1.54, 1.807) is 0 Å². The van der Waals surface area contributed by atoms with Gasteiger partial charge in [-0.3, -0.25) is 0 Å². The third kappa shape index (κ3) is 3.52. The van der Waals surface area contributed by atoms with Gasteiger partial charge in [0.05, 0.1) is 0 Å². The van der Waals surface area contributed by atoms with Crippen LogP contribution in [0, 0.1) is 12.8 Å². The van der Waals surface area contributed by atoms with Crippen molar-refractivity contribution in [1.29, 1.82) is 0 Å². The molecule has 0 amide bonds. The normalized spacial score (nSPS) is 31.8. The van der Waals surface area contributed by atoms with E-state index in [-0.39, 0.29) is 32.7 Å². The Morgan fingerprint density at radius 1 is 1.80 bits per heavy atom. The summed E-state index contributed by atoms with van der Waals surface area (Å²) in [6.45, 7) is 6.00. The van der Waals surface area contributed by atoms with Gasteiger partial charge >= 0.3 is 0 Å². The van der Waals surface area contributed by atoms with Crippen molar-refractivity contribution in [2.24, 2.45) is 5.92 Å². The second kappa shape index (κ2) is 6.41. The smallest absolute Gasteiger partial charge is 0 e. The Bertz CT molecular complexity index is 93.7. The Morgan fingerprint density at radius 2 is 2.50 bits per heavy atom. The van der Waals surface area contributed by atoms with Gasteiger partial charge in [0.1, 0.15) is 0 Å². The molecule has 57 valence electrons. The molecule has 1 aliphatic rings. The predicted molar refractivity (Wildman–Crippen MR) is 46.9 cm³/mol.